The van der Waals surface area contributed by atoms with Gasteiger partial charge in [0.1, 0.15) is 11.6 Å². The molecule has 0 unspecified atom stereocenters. The van der Waals surface area contributed by atoms with E-state index in [0.717, 1.165) is 6.07 Å². The van der Waals surface area contributed by atoms with Crippen LogP contribution in [0.3, 0.4) is 0 Å². The SMILES string of the molecule is CN(CCC(=O)O)C(=O)NCC1(c2ccc(F)cc2F)CC1. The third kappa shape index (κ3) is 3.72. The van der Waals surface area contributed by atoms with Gasteiger partial charge in [-0.3, -0.25) is 4.79 Å². The van der Waals surface area contributed by atoms with Gasteiger partial charge < -0.3 is 15.3 Å². The van der Waals surface area contributed by atoms with Gasteiger partial charge in [-0.15, -0.1) is 0 Å². The molecule has 0 spiro atoms. The molecule has 120 valence electrons. The molecule has 22 heavy (non-hydrogen) atoms. The number of amides is 2. The molecule has 1 aliphatic rings. The van der Waals surface area contributed by atoms with Crippen molar-refractivity contribution >= 4 is 12.0 Å². The summed E-state index contributed by atoms with van der Waals surface area (Å²) in [5.74, 6) is -2.22. The van der Waals surface area contributed by atoms with Gasteiger partial charge in [-0.1, -0.05) is 6.07 Å². The molecule has 0 atom stereocenters. The molecule has 1 aromatic carbocycles. The van der Waals surface area contributed by atoms with Crippen LogP contribution in [0.15, 0.2) is 18.2 Å². The highest BCUT2D eigenvalue weighted by molar-refractivity contribution is 5.75. The number of halogens is 2. The van der Waals surface area contributed by atoms with Gasteiger partial charge in [0, 0.05) is 31.6 Å². The third-order valence-corrected chi connectivity index (χ3v) is 3.94. The van der Waals surface area contributed by atoms with E-state index < -0.39 is 29.0 Å². The molecule has 0 radical (unpaired) electrons. The van der Waals surface area contributed by atoms with Crippen LogP contribution < -0.4 is 5.32 Å². The van der Waals surface area contributed by atoms with E-state index in [1.165, 1.54) is 24.1 Å². The van der Waals surface area contributed by atoms with E-state index in [1.807, 2.05) is 0 Å². The van der Waals surface area contributed by atoms with E-state index in [-0.39, 0.29) is 19.5 Å². The van der Waals surface area contributed by atoms with E-state index >= 15 is 0 Å². The molecule has 0 heterocycles. The van der Waals surface area contributed by atoms with E-state index in [1.54, 1.807) is 0 Å². The lowest BCUT2D eigenvalue weighted by molar-refractivity contribution is -0.137. The molecule has 5 nitrogen and oxygen atoms in total. The Kier molecular flexibility index (Phi) is 4.63. The minimum absolute atomic E-state index is 0.0963. The third-order valence-electron chi connectivity index (χ3n) is 3.94. The van der Waals surface area contributed by atoms with Crippen molar-refractivity contribution in [2.75, 3.05) is 20.1 Å². The molecule has 2 amide bonds. The van der Waals surface area contributed by atoms with Gasteiger partial charge in [-0.25, -0.2) is 13.6 Å². The molecule has 0 bridgehead atoms. The van der Waals surface area contributed by atoms with Crippen LogP contribution in [-0.2, 0) is 10.2 Å². The molecule has 0 aromatic heterocycles. The molecule has 1 fully saturated rings. The first-order chi connectivity index (χ1) is 10.3. The predicted octanol–water partition coefficient (Wildman–Crippen LogP) is 2.11. The fraction of sp³-hybridized carbons (Fsp3) is 0.467. The summed E-state index contributed by atoms with van der Waals surface area (Å²) in [6.07, 6.45) is 1.30. The Morgan fingerprint density at radius 2 is 2.05 bits per heavy atom. The Balaban J connectivity index is 1.93. The fourth-order valence-electron chi connectivity index (χ4n) is 2.36. The van der Waals surface area contributed by atoms with Crippen LogP contribution in [0.5, 0.6) is 0 Å². The number of hydrogen-bond acceptors (Lipinski definition) is 2. The maximum atomic E-state index is 13.9. The van der Waals surface area contributed by atoms with Crippen molar-refractivity contribution in [3.63, 3.8) is 0 Å². The van der Waals surface area contributed by atoms with Crippen LogP contribution in [0.25, 0.3) is 0 Å². The van der Waals surface area contributed by atoms with Gasteiger partial charge in [-0.05, 0) is 24.5 Å². The van der Waals surface area contributed by atoms with E-state index in [4.69, 9.17) is 5.11 Å². The molecule has 7 heteroatoms. The van der Waals surface area contributed by atoms with Gasteiger partial charge in [-0.2, -0.15) is 0 Å². The fourth-order valence-corrected chi connectivity index (χ4v) is 2.36. The lowest BCUT2D eigenvalue weighted by Crippen LogP contribution is -2.41. The molecule has 0 saturated heterocycles. The minimum atomic E-state index is -0.980. The molecular weight excluding hydrogens is 294 g/mol. The minimum Gasteiger partial charge on any atom is -0.481 e. The zero-order chi connectivity index (χ0) is 16.3. The number of aliphatic carboxylic acids is 1. The lowest BCUT2D eigenvalue weighted by Gasteiger charge is -2.21. The van der Waals surface area contributed by atoms with Crippen molar-refractivity contribution in [1.29, 1.82) is 0 Å². The van der Waals surface area contributed by atoms with Crippen molar-refractivity contribution in [3.05, 3.63) is 35.4 Å². The zero-order valence-corrected chi connectivity index (χ0v) is 12.2. The van der Waals surface area contributed by atoms with Crippen LogP contribution in [0.2, 0.25) is 0 Å². The number of carbonyl (C=O) groups is 2. The lowest BCUT2D eigenvalue weighted by atomic mass is 9.95. The number of nitrogens with zero attached hydrogens (tertiary/aromatic N) is 1. The molecule has 2 rings (SSSR count). The maximum Gasteiger partial charge on any atom is 0.317 e. The van der Waals surface area contributed by atoms with Gasteiger partial charge >= 0.3 is 12.0 Å². The Labute approximate surface area is 126 Å². The summed E-state index contributed by atoms with van der Waals surface area (Å²) >= 11 is 0. The van der Waals surface area contributed by atoms with Crippen LogP contribution in [0.4, 0.5) is 13.6 Å². The average Bonchev–Trinajstić information content (AvgIpc) is 3.23. The van der Waals surface area contributed by atoms with Crippen molar-refractivity contribution < 1.29 is 23.5 Å². The van der Waals surface area contributed by atoms with Crippen LogP contribution in [0, 0.1) is 11.6 Å². The Bertz CT molecular complexity index is 588. The summed E-state index contributed by atoms with van der Waals surface area (Å²) in [5, 5.41) is 11.3. The summed E-state index contributed by atoms with van der Waals surface area (Å²) in [4.78, 5) is 23.6. The van der Waals surface area contributed by atoms with E-state index in [9.17, 15) is 18.4 Å². The highest BCUT2D eigenvalue weighted by atomic mass is 19.1. The predicted molar refractivity (Wildman–Crippen MR) is 75.6 cm³/mol. The van der Waals surface area contributed by atoms with Crippen LogP contribution in [-0.4, -0.2) is 42.1 Å². The summed E-state index contributed by atoms with van der Waals surface area (Å²) in [7, 11) is 1.50. The van der Waals surface area contributed by atoms with E-state index in [2.05, 4.69) is 5.32 Å². The van der Waals surface area contributed by atoms with Gasteiger partial charge in [0.25, 0.3) is 0 Å². The molecular formula is C15H18F2N2O3. The van der Waals surface area contributed by atoms with Crippen molar-refractivity contribution in [3.8, 4) is 0 Å². The zero-order valence-electron chi connectivity index (χ0n) is 12.2. The largest absolute Gasteiger partial charge is 0.481 e. The number of nitrogens with one attached hydrogen (secondary N) is 1. The Hall–Kier alpha value is -2.18. The molecule has 1 saturated carbocycles. The van der Waals surface area contributed by atoms with Crippen LogP contribution >= 0.6 is 0 Å². The van der Waals surface area contributed by atoms with E-state index in [0.29, 0.717) is 18.4 Å². The van der Waals surface area contributed by atoms with Gasteiger partial charge in [0.05, 0.1) is 6.42 Å². The first-order valence-electron chi connectivity index (χ1n) is 7.00. The smallest absolute Gasteiger partial charge is 0.317 e. The maximum absolute atomic E-state index is 13.9. The number of carboxylic acid groups (broad SMARTS) is 1. The van der Waals surface area contributed by atoms with Gasteiger partial charge in [0.2, 0.25) is 0 Å². The molecule has 1 aromatic rings. The normalized spacial score (nSPS) is 15.2. The number of carbonyl (C=O) groups excluding carboxylic acids is 1. The number of carboxylic acids is 1. The Morgan fingerprint density at radius 3 is 2.59 bits per heavy atom. The second-order valence-electron chi connectivity index (χ2n) is 5.63. The average molecular weight is 312 g/mol. The molecule has 1 aliphatic carbocycles. The standard InChI is InChI=1S/C15H18F2N2O3/c1-19(7-4-13(20)21)14(22)18-9-15(5-6-15)11-3-2-10(16)8-12(11)17/h2-3,8H,4-7,9H2,1H3,(H,18,22)(H,20,21). The summed E-state index contributed by atoms with van der Waals surface area (Å²) in [6.45, 7) is 0.338. The highest BCUT2D eigenvalue weighted by Gasteiger charge is 2.46. The monoisotopic (exact) mass is 312 g/mol. The number of benzene rings is 1. The number of hydrogen-bond donors (Lipinski definition) is 2. The summed E-state index contributed by atoms with van der Waals surface area (Å²) < 4.78 is 26.8. The molecule has 2 N–H and O–H groups in total. The van der Waals surface area contributed by atoms with Crippen molar-refractivity contribution in [2.45, 2.75) is 24.7 Å². The summed E-state index contributed by atoms with van der Waals surface area (Å²) in [6, 6.07) is 3.06. The first kappa shape index (κ1) is 16.2. The van der Waals surface area contributed by atoms with Crippen molar-refractivity contribution in [2.24, 2.45) is 0 Å². The quantitative estimate of drug-likeness (QED) is 0.845. The second-order valence-corrected chi connectivity index (χ2v) is 5.63. The first-order valence-corrected chi connectivity index (χ1v) is 7.00. The summed E-state index contributed by atoms with van der Waals surface area (Å²) in [5.41, 5.74) is -0.0800. The van der Waals surface area contributed by atoms with Gasteiger partial charge in [0.15, 0.2) is 0 Å². The van der Waals surface area contributed by atoms with Crippen LogP contribution in [0.1, 0.15) is 24.8 Å². The Morgan fingerprint density at radius 1 is 1.36 bits per heavy atom. The highest BCUT2D eigenvalue weighted by Crippen LogP contribution is 2.48. The number of rotatable bonds is 6. The second kappa shape index (κ2) is 6.29. The van der Waals surface area contributed by atoms with Crippen molar-refractivity contribution in [1.82, 2.24) is 10.2 Å². The topological polar surface area (TPSA) is 69.6 Å². The number of urea groups is 1. The molecule has 0 aliphatic heterocycles.